The Hall–Kier alpha value is -0.250. The van der Waals surface area contributed by atoms with Crippen LogP contribution in [0.15, 0.2) is 30.3 Å². The van der Waals surface area contributed by atoms with Gasteiger partial charge in [0.2, 0.25) is 5.91 Å². The molecule has 3 nitrogen and oxygen atoms in total. The molecule has 21 heavy (non-hydrogen) atoms. The topological polar surface area (TPSA) is 52.3 Å². The van der Waals surface area contributed by atoms with Crippen molar-refractivity contribution in [1.29, 1.82) is 0 Å². The van der Waals surface area contributed by atoms with Gasteiger partial charge in [0.25, 0.3) is 0 Å². The smallest absolute Gasteiger partial charge is 0.248 e. The quantitative estimate of drug-likeness (QED) is 0.555. The highest BCUT2D eigenvalue weighted by Crippen LogP contribution is 2.30. The maximum Gasteiger partial charge on any atom is 0.248 e. The summed E-state index contributed by atoms with van der Waals surface area (Å²) in [6.45, 7) is 0.360. The molecule has 2 aromatic rings. The fourth-order valence-corrected chi connectivity index (χ4v) is 4.03. The van der Waals surface area contributed by atoms with Gasteiger partial charge in [-0.3, -0.25) is 4.79 Å². The zero-order valence-electron chi connectivity index (χ0n) is 10.5. The number of carbonyl (C=O) groups excluding carboxylic acids is 1. The van der Waals surface area contributed by atoms with E-state index in [9.17, 15) is 4.79 Å². The second-order valence-corrected chi connectivity index (χ2v) is 7.31. The Kier molecular flexibility index (Phi) is 5.98. The predicted octanol–water partition coefficient (Wildman–Crippen LogP) is 4.88. The second-order valence-electron chi connectivity index (χ2n) is 4.17. The van der Waals surface area contributed by atoms with Crippen LogP contribution in [0.25, 0.3) is 0 Å². The van der Waals surface area contributed by atoms with Crippen molar-refractivity contribution < 1.29 is 9.53 Å². The molecule has 0 spiro atoms. The third-order valence-electron chi connectivity index (χ3n) is 2.65. The molecule has 0 aliphatic heterocycles. The predicted molar refractivity (Wildman–Crippen MR) is 101 cm³/mol. The lowest BCUT2D eigenvalue weighted by molar-refractivity contribution is 0.1000. The number of carbonyl (C=O) groups is 1. The molecule has 0 aromatic heterocycles. The Balaban J connectivity index is 2.20. The average molecular weight is 548 g/mol. The summed E-state index contributed by atoms with van der Waals surface area (Å²) in [4.78, 5) is 11.2. The fourth-order valence-electron chi connectivity index (χ4n) is 1.62. The van der Waals surface area contributed by atoms with Gasteiger partial charge in [0.1, 0.15) is 12.4 Å². The van der Waals surface area contributed by atoms with Gasteiger partial charge in [-0.2, -0.15) is 0 Å². The molecule has 1 amide bonds. The van der Waals surface area contributed by atoms with E-state index < -0.39 is 5.91 Å². The summed E-state index contributed by atoms with van der Waals surface area (Å²) in [5.41, 5.74) is 6.66. The van der Waals surface area contributed by atoms with Crippen molar-refractivity contribution in [2.24, 2.45) is 5.73 Å². The van der Waals surface area contributed by atoms with E-state index in [1.165, 1.54) is 0 Å². The highest BCUT2D eigenvalue weighted by molar-refractivity contribution is 14.1. The highest BCUT2D eigenvalue weighted by Gasteiger charge is 2.12. The average Bonchev–Trinajstić information content (AvgIpc) is 2.41. The molecule has 2 rings (SSSR count). The summed E-state index contributed by atoms with van der Waals surface area (Å²) in [7, 11) is 0. The van der Waals surface area contributed by atoms with Gasteiger partial charge >= 0.3 is 0 Å². The minimum absolute atomic E-state index is 0.360. The van der Waals surface area contributed by atoms with E-state index in [0.29, 0.717) is 28.0 Å². The standard InChI is InChI=1S/C14H9Cl2I2NO2/c15-9-2-1-7(3-10(9)16)6-21-13-11(17)4-8(14(19)20)5-12(13)18/h1-5H,6H2,(H2,19,20). The molecule has 0 bridgehead atoms. The highest BCUT2D eigenvalue weighted by atomic mass is 127. The van der Waals surface area contributed by atoms with Crippen LogP contribution >= 0.6 is 68.4 Å². The third-order valence-corrected chi connectivity index (χ3v) is 4.99. The number of amides is 1. The lowest BCUT2D eigenvalue weighted by Gasteiger charge is -2.12. The first-order valence-electron chi connectivity index (χ1n) is 5.74. The van der Waals surface area contributed by atoms with Crippen LogP contribution in [0.4, 0.5) is 0 Å². The fraction of sp³-hybridized carbons (Fsp3) is 0.0714. The third kappa shape index (κ3) is 4.37. The molecule has 0 saturated carbocycles. The normalized spacial score (nSPS) is 10.5. The summed E-state index contributed by atoms with van der Waals surface area (Å²) in [5, 5.41) is 1.00. The van der Waals surface area contributed by atoms with E-state index in [-0.39, 0.29) is 0 Å². The van der Waals surface area contributed by atoms with Crippen LogP contribution in [0.3, 0.4) is 0 Å². The largest absolute Gasteiger partial charge is 0.487 e. The molecule has 0 atom stereocenters. The van der Waals surface area contributed by atoms with E-state index in [1.807, 2.05) is 6.07 Å². The van der Waals surface area contributed by atoms with Gasteiger partial charge in [-0.1, -0.05) is 29.3 Å². The van der Waals surface area contributed by atoms with Crippen molar-refractivity contribution >= 4 is 74.3 Å². The SMILES string of the molecule is NC(=O)c1cc(I)c(OCc2ccc(Cl)c(Cl)c2)c(I)c1. The summed E-state index contributed by atoms with van der Waals surface area (Å²) in [6, 6.07) is 8.76. The lowest BCUT2D eigenvalue weighted by atomic mass is 10.2. The Morgan fingerprint density at radius 2 is 1.71 bits per heavy atom. The molecule has 110 valence electrons. The number of halogens is 4. The molecule has 0 aliphatic carbocycles. The van der Waals surface area contributed by atoms with Crippen LogP contribution in [-0.4, -0.2) is 5.91 Å². The Morgan fingerprint density at radius 1 is 1.10 bits per heavy atom. The van der Waals surface area contributed by atoms with Crippen molar-refractivity contribution in [3.63, 3.8) is 0 Å². The Labute approximate surface area is 159 Å². The Morgan fingerprint density at radius 3 is 2.24 bits per heavy atom. The lowest BCUT2D eigenvalue weighted by Crippen LogP contribution is -2.12. The summed E-state index contributed by atoms with van der Waals surface area (Å²) in [6.07, 6.45) is 0. The number of nitrogens with two attached hydrogens (primary N) is 1. The molecule has 0 aliphatic rings. The molecular formula is C14H9Cl2I2NO2. The first-order valence-corrected chi connectivity index (χ1v) is 8.65. The van der Waals surface area contributed by atoms with Crippen molar-refractivity contribution in [3.8, 4) is 5.75 Å². The maximum atomic E-state index is 11.2. The van der Waals surface area contributed by atoms with Crippen LogP contribution in [0.1, 0.15) is 15.9 Å². The first-order chi connectivity index (χ1) is 9.88. The van der Waals surface area contributed by atoms with E-state index in [1.54, 1.807) is 24.3 Å². The van der Waals surface area contributed by atoms with Crippen molar-refractivity contribution in [1.82, 2.24) is 0 Å². The van der Waals surface area contributed by atoms with Crippen LogP contribution in [0, 0.1) is 7.14 Å². The number of rotatable bonds is 4. The van der Waals surface area contributed by atoms with E-state index in [4.69, 9.17) is 33.7 Å². The minimum Gasteiger partial charge on any atom is -0.487 e. The molecule has 0 saturated heterocycles. The van der Waals surface area contributed by atoms with Crippen LogP contribution in [-0.2, 0) is 6.61 Å². The van der Waals surface area contributed by atoms with Crippen molar-refractivity contribution in [2.45, 2.75) is 6.61 Å². The molecule has 2 N–H and O–H groups in total. The monoisotopic (exact) mass is 547 g/mol. The van der Waals surface area contributed by atoms with Crippen LogP contribution in [0.2, 0.25) is 10.0 Å². The molecule has 0 radical (unpaired) electrons. The molecule has 0 unspecified atom stereocenters. The van der Waals surface area contributed by atoms with Gasteiger partial charge in [-0.05, 0) is 75.0 Å². The molecule has 0 heterocycles. The number of hydrogen-bond acceptors (Lipinski definition) is 2. The van der Waals surface area contributed by atoms with E-state index in [2.05, 4.69) is 45.2 Å². The zero-order valence-corrected chi connectivity index (χ0v) is 16.3. The molecular weight excluding hydrogens is 539 g/mol. The first kappa shape index (κ1) is 17.1. The summed E-state index contributed by atoms with van der Waals surface area (Å²) >= 11 is 16.1. The molecule has 0 fully saturated rings. The van der Waals surface area contributed by atoms with Gasteiger partial charge in [0, 0.05) is 5.56 Å². The van der Waals surface area contributed by atoms with Crippen LogP contribution < -0.4 is 10.5 Å². The van der Waals surface area contributed by atoms with Gasteiger partial charge in [-0.15, -0.1) is 0 Å². The maximum absolute atomic E-state index is 11.2. The van der Waals surface area contributed by atoms with Crippen molar-refractivity contribution in [3.05, 3.63) is 58.6 Å². The number of hydrogen-bond donors (Lipinski definition) is 1. The van der Waals surface area contributed by atoms with E-state index in [0.717, 1.165) is 12.7 Å². The van der Waals surface area contributed by atoms with Gasteiger partial charge in [-0.25, -0.2) is 0 Å². The number of ether oxygens (including phenoxy) is 1. The van der Waals surface area contributed by atoms with Gasteiger partial charge in [0.05, 0.1) is 17.2 Å². The van der Waals surface area contributed by atoms with Gasteiger partial charge < -0.3 is 10.5 Å². The molecule has 7 heteroatoms. The number of benzene rings is 2. The van der Waals surface area contributed by atoms with Crippen LogP contribution in [0.5, 0.6) is 5.75 Å². The second kappa shape index (κ2) is 7.34. The minimum atomic E-state index is -0.457. The van der Waals surface area contributed by atoms with E-state index >= 15 is 0 Å². The van der Waals surface area contributed by atoms with Crippen molar-refractivity contribution in [2.75, 3.05) is 0 Å². The zero-order chi connectivity index (χ0) is 15.6. The number of primary amides is 1. The Bertz CT molecular complexity index is 684. The summed E-state index contributed by atoms with van der Waals surface area (Å²) < 4.78 is 7.47. The van der Waals surface area contributed by atoms with Gasteiger partial charge in [0.15, 0.2) is 0 Å². The molecule has 2 aromatic carbocycles. The summed E-state index contributed by atoms with van der Waals surface area (Å²) in [5.74, 6) is 0.258.